The van der Waals surface area contributed by atoms with Crippen molar-refractivity contribution >= 4 is 34.8 Å². The summed E-state index contributed by atoms with van der Waals surface area (Å²) in [5, 5.41) is 20.3. The minimum atomic E-state index is -4.81. The van der Waals surface area contributed by atoms with E-state index in [2.05, 4.69) is 10.3 Å². The van der Waals surface area contributed by atoms with Crippen LogP contribution in [0.1, 0.15) is 21.6 Å². The largest absolute Gasteiger partial charge is 0.505 e. The second kappa shape index (κ2) is 6.55. The van der Waals surface area contributed by atoms with E-state index < -0.39 is 23.3 Å². The van der Waals surface area contributed by atoms with Crippen LogP contribution in [0, 0.1) is 11.3 Å². The number of anilines is 1. The molecular weight excluding hydrogens is 370 g/mol. The van der Waals surface area contributed by atoms with Gasteiger partial charge in [0.25, 0.3) is 5.91 Å². The van der Waals surface area contributed by atoms with E-state index in [1.54, 1.807) is 0 Å². The van der Waals surface area contributed by atoms with Crippen molar-refractivity contribution in [2.45, 2.75) is 6.18 Å². The Labute approximate surface area is 143 Å². The van der Waals surface area contributed by atoms with Crippen molar-refractivity contribution in [1.82, 2.24) is 4.98 Å². The maximum absolute atomic E-state index is 12.7. The molecule has 2 rings (SSSR count). The summed E-state index contributed by atoms with van der Waals surface area (Å²) in [5.74, 6) is -1.20. The summed E-state index contributed by atoms with van der Waals surface area (Å²) in [6, 6.07) is 4.52. The Bertz CT molecular complexity index is 840. The predicted octanol–water partition coefficient (Wildman–Crippen LogP) is 4.24. The Morgan fingerprint density at radius 1 is 1.25 bits per heavy atom. The highest BCUT2D eigenvalue weighted by Crippen LogP contribution is 2.35. The molecule has 0 bridgehead atoms. The zero-order chi connectivity index (χ0) is 18.1. The Morgan fingerprint density at radius 3 is 2.33 bits per heavy atom. The first kappa shape index (κ1) is 17.8. The quantitative estimate of drug-likeness (QED) is 0.768. The van der Waals surface area contributed by atoms with Crippen LogP contribution in [-0.2, 0) is 6.18 Å². The lowest BCUT2D eigenvalue weighted by Gasteiger charge is -2.10. The second-order valence-corrected chi connectivity index (χ2v) is 5.29. The molecule has 2 aromatic rings. The summed E-state index contributed by atoms with van der Waals surface area (Å²) in [4.78, 5) is 15.2. The number of phenols is 1. The third-order valence-corrected chi connectivity index (χ3v) is 3.39. The molecule has 0 atom stereocenters. The maximum atomic E-state index is 12.7. The molecule has 124 valence electrons. The smallest absolute Gasteiger partial charge is 0.434 e. The van der Waals surface area contributed by atoms with Crippen molar-refractivity contribution in [1.29, 1.82) is 5.26 Å². The van der Waals surface area contributed by atoms with Crippen molar-refractivity contribution < 1.29 is 23.1 Å². The molecule has 1 amide bonds. The summed E-state index contributed by atoms with van der Waals surface area (Å²) < 4.78 is 38.0. The average Bonchev–Trinajstić information content (AvgIpc) is 2.50. The van der Waals surface area contributed by atoms with Gasteiger partial charge in [0.2, 0.25) is 0 Å². The van der Waals surface area contributed by atoms with Gasteiger partial charge in [-0.1, -0.05) is 23.2 Å². The van der Waals surface area contributed by atoms with Gasteiger partial charge in [-0.3, -0.25) is 4.79 Å². The number of amides is 1. The van der Waals surface area contributed by atoms with Gasteiger partial charge in [-0.15, -0.1) is 0 Å². The van der Waals surface area contributed by atoms with Crippen LogP contribution in [0.15, 0.2) is 24.4 Å². The predicted molar refractivity (Wildman–Crippen MR) is 80.0 cm³/mol. The number of carbonyl (C=O) groups is 1. The van der Waals surface area contributed by atoms with Gasteiger partial charge in [0, 0.05) is 11.9 Å². The average molecular weight is 376 g/mol. The first-order chi connectivity index (χ1) is 11.1. The fourth-order valence-corrected chi connectivity index (χ4v) is 2.23. The molecule has 0 saturated heterocycles. The van der Waals surface area contributed by atoms with Gasteiger partial charge in [0.15, 0.2) is 11.4 Å². The number of hydrogen-bond donors (Lipinski definition) is 2. The summed E-state index contributed by atoms with van der Waals surface area (Å²) >= 11 is 11.4. The number of nitriles is 1. The SMILES string of the molecule is N#Cc1cc(C(=O)Nc2cc(Cl)c(O)c(Cl)c2)cnc1C(F)(F)F. The Hall–Kier alpha value is -2.50. The number of benzene rings is 1. The van der Waals surface area contributed by atoms with Gasteiger partial charge in [0.05, 0.1) is 21.2 Å². The van der Waals surface area contributed by atoms with Crippen LogP contribution in [0.25, 0.3) is 0 Å². The molecule has 0 fully saturated rings. The van der Waals surface area contributed by atoms with Crippen LogP contribution in [0.2, 0.25) is 10.0 Å². The lowest BCUT2D eigenvalue weighted by molar-refractivity contribution is -0.141. The van der Waals surface area contributed by atoms with Gasteiger partial charge < -0.3 is 10.4 Å². The monoisotopic (exact) mass is 375 g/mol. The molecule has 0 aliphatic rings. The van der Waals surface area contributed by atoms with Crippen molar-refractivity contribution in [3.05, 3.63) is 51.3 Å². The van der Waals surface area contributed by atoms with Gasteiger partial charge >= 0.3 is 6.18 Å². The first-order valence-corrected chi connectivity index (χ1v) is 6.85. The Morgan fingerprint density at radius 2 is 1.83 bits per heavy atom. The molecule has 2 N–H and O–H groups in total. The number of halogens is 5. The van der Waals surface area contributed by atoms with Crippen LogP contribution in [0.3, 0.4) is 0 Å². The number of phenolic OH excluding ortho intramolecular Hbond substituents is 1. The molecule has 0 radical (unpaired) electrons. The van der Waals surface area contributed by atoms with Crippen LogP contribution < -0.4 is 5.32 Å². The van der Waals surface area contributed by atoms with Crippen molar-refractivity contribution in [2.75, 3.05) is 5.32 Å². The first-order valence-electron chi connectivity index (χ1n) is 6.10. The molecule has 0 unspecified atom stereocenters. The molecule has 5 nitrogen and oxygen atoms in total. The van der Waals surface area contributed by atoms with Crippen LogP contribution in [-0.4, -0.2) is 16.0 Å². The number of alkyl halides is 3. The third kappa shape index (κ3) is 3.69. The molecule has 1 aromatic heterocycles. The number of pyridine rings is 1. The molecule has 0 aliphatic carbocycles. The zero-order valence-corrected chi connectivity index (χ0v) is 13.0. The highest BCUT2D eigenvalue weighted by atomic mass is 35.5. The number of carbonyl (C=O) groups excluding carboxylic acids is 1. The van der Waals surface area contributed by atoms with Crippen LogP contribution >= 0.6 is 23.2 Å². The molecular formula is C14H6Cl2F3N3O2. The highest BCUT2D eigenvalue weighted by Gasteiger charge is 2.36. The number of nitrogens with one attached hydrogen (secondary N) is 1. The molecule has 0 saturated carbocycles. The minimum absolute atomic E-state index is 0.103. The van der Waals surface area contributed by atoms with Gasteiger partial charge in [-0.2, -0.15) is 18.4 Å². The van der Waals surface area contributed by atoms with Gasteiger partial charge in [-0.25, -0.2) is 4.98 Å². The summed E-state index contributed by atoms with van der Waals surface area (Å²) in [6.07, 6.45) is -4.11. The number of aromatic nitrogens is 1. The highest BCUT2D eigenvalue weighted by molar-refractivity contribution is 6.37. The van der Waals surface area contributed by atoms with E-state index in [9.17, 15) is 23.1 Å². The molecule has 0 spiro atoms. The molecule has 1 heterocycles. The van der Waals surface area contributed by atoms with Crippen molar-refractivity contribution in [3.8, 4) is 11.8 Å². The zero-order valence-electron chi connectivity index (χ0n) is 11.4. The maximum Gasteiger partial charge on any atom is 0.434 e. The molecule has 24 heavy (non-hydrogen) atoms. The normalized spacial score (nSPS) is 11.0. The van der Waals surface area contributed by atoms with Gasteiger partial charge in [-0.05, 0) is 18.2 Å². The van der Waals surface area contributed by atoms with E-state index in [1.807, 2.05) is 0 Å². The fourth-order valence-electron chi connectivity index (χ4n) is 1.74. The number of rotatable bonds is 2. The minimum Gasteiger partial charge on any atom is -0.505 e. The molecule has 1 aromatic carbocycles. The second-order valence-electron chi connectivity index (χ2n) is 4.47. The molecule has 0 aliphatic heterocycles. The number of nitrogens with zero attached hydrogens (tertiary/aromatic N) is 2. The summed E-state index contributed by atoms with van der Waals surface area (Å²) in [6.45, 7) is 0. The third-order valence-electron chi connectivity index (χ3n) is 2.81. The van der Waals surface area contributed by atoms with E-state index in [-0.39, 0.29) is 27.0 Å². The number of hydrogen-bond acceptors (Lipinski definition) is 4. The Kier molecular flexibility index (Phi) is 4.87. The Balaban J connectivity index is 2.33. The molecule has 10 heteroatoms. The van der Waals surface area contributed by atoms with E-state index in [0.29, 0.717) is 6.20 Å². The summed E-state index contributed by atoms with van der Waals surface area (Å²) in [7, 11) is 0. The standard InChI is InChI=1S/C14H6Cl2F3N3O2/c15-9-2-8(3-10(16)11(9)23)22-13(24)7-1-6(4-20)12(21-5-7)14(17,18)19/h1-3,5,23H,(H,22,24). The van der Waals surface area contributed by atoms with Crippen molar-refractivity contribution in [3.63, 3.8) is 0 Å². The lowest BCUT2D eigenvalue weighted by Crippen LogP contribution is -2.16. The topological polar surface area (TPSA) is 86.0 Å². The van der Waals surface area contributed by atoms with E-state index in [0.717, 1.165) is 6.07 Å². The summed E-state index contributed by atoms with van der Waals surface area (Å²) in [5.41, 5.74) is -2.32. The van der Waals surface area contributed by atoms with Crippen LogP contribution in [0.4, 0.5) is 18.9 Å². The van der Waals surface area contributed by atoms with Crippen molar-refractivity contribution in [2.24, 2.45) is 0 Å². The fraction of sp³-hybridized carbons (Fsp3) is 0.0714. The van der Waals surface area contributed by atoms with Crippen LogP contribution in [0.5, 0.6) is 5.75 Å². The number of aromatic hydroxyl groups is 1. The van der Waals surface area contributed by atoms with Gasteiger partial charge in [0.1, 0.15) is 6.07 Å². The van der Waals surface area contributed by atoms with E-state index in [4.69, 9.17) is 28.5 Å². The van der Waals surface area contributed by atoms with E-state index >= 15 is 0 Å². The van der Waals surface area contributed by atoms with E-state index in [1.165, 1.54) is 18.2 Å². The lowest BCUT2D eigenvalue weighted by atomic mass is 10.1.